The number of aromatic nitrogens is 5. The highest BCUT2D eigenvalue weighted by Crippen LogP contribution is 2.23. The van der Waals surface area contributed by atoms with Crippen molar-refractivity contribution in [3.05, 3.63) is 60.7 Å². The summed E-state index contributed by atoms with van der Waals surface area (Å²) < 4.78 is 1.63. The third kappa shape index (κ3) is 2.14. The first-order chi connectivity index (χ1) is 10.9. The largest absolute Gasteiger partial charge is 0.264 e. The Balaban J connectivity index is 1.75. The summed E-state index contributed by atoms with van der Waals surface area (Å²) in [7, 11) is 0. The molecule has 0 spiro atoms. The summed E-state index contributed by atoms with van der Waals surface area (Å²) in [4.78, 5) is 4.04. The predicted octanol–water partition coefficient (Wildman–Crippen LogP) is 2.12. The second-order valence-corrected chi connectivity index (χ2v) is 4.65. The Labute approximate surface area is 125 Å². The zero-order chi connectivity index (χ0) is 14.8. The van der Waals surface area contributed by atoms with Crippen LogP contribution in [0.5, 0.6) is 0 Å². The highest BCUT2D eigenvalue weighted by atomic mass is 15.4. The maximum Gasteiger partial charge on any atom is 0.185 e. The molecule has 0 saturated carbocycles. The van der Waals surface area contributed by atoms with E-state index in [1.807, 2.05) is 36.4 Å². The van der Waals surface area contributed by atoms with Crippen molar-refractivity contribution in [2.45, 2.75) is 0 Å². The first-order valence-electron chi connectivity index (χ1n) is 6.70. The van der Waals surface area contributed by atoms with E-state index in [1.165, 1.54) is 0 Å². The maximum absolute atomic E-state index is 4.45. The first kappa shape index (κ1) is 12.4. The molecule has 7 heteroatoms. The van der Waals surface area contributed by atoms with Gasteiger partial charge in [0.25, 0.3) is 0 Å². The van der Waals surface area contributed by atoms with Crippen molar-refractivity contribution in [1.29, 1.82) is 0 Å². The van der Waals surface area contributed by atoms with Crippen LogP contribution in [-0.2, 0) is 0 Å². The van der Waals surface area contributed by atoms with Gasteiger partial charge in [0.2, 0.25) is 0 Å². The smallest absolute Gasteiger partial charge is 0.185 e. The molecular formula is C15H11N7. The average molecular weight is 289 g/mol. The highest BCUT2D eigenvalue weighted by Gasteiger charge is 2.08. The lowest BCUT2D eigenvalue weighted by atomic mass is 10.2. The Morgan fingerprint density at radius 3 is 2.86 bits per heavy atom. The quantitative estimate of drug-likeness (QED) is 0.461. The summed E-state index contributed by atoms with van der Waals surface area (Å²) >= 11 is 0. The third-order valence-electron chi connectivity index (χ3n) is 3.23. The van der Waals surface area contributed by atoms with Crippen molar-refractivity contribution < 1.29 is 0 Å². The minimum Gasteiger partial charge on any atom is -0.264 e. The molecule has 22 heavy (non-hydrogen) atoms. The Morgan fingerprint density at radius 1 is 1.09 bits per heavy atom. The van der Waals surface area contributed by atoms with Gasteiger partial charge >= 0.3 is 0 Å². The minimum atomic E-state index is 0.642. The van der Waals surface area contributed by atoms with Gasteiger partial charge in [-0.3, -0.25) is 10.4 Å². The molecule has 4 aromatic rings. The SMILES string of the molecule is C(=NNc1nn2cnnc2c2ccccc12)c1cccnc1. The second-order valence-electron chi connectivity index (χ2n) is 4.65. The van der Waals surface area contributed by atoms with Crippen LogP contribution < -0.4 is 5.43 Å². The molecule has 106 valence electrons. The molecular weight excluding hydrogens is 278 g/mol. The number of rotatable bonds is 3. The molecule has 3 heterocycles. The van der Waals surface area contributed by atoms with Crippen LogP contribution in [0.25, 0.3) is 16.4 Å². The van der Waals surface area contributed by atoms with Crippen molar-refractivity contribution >= 4 is 28.5 Å². The van der Waals surface area contributed by atoms with Crippen molar-refractivity contribution in [2.75, 3.05) is 5.43 Å². The molecule has 0 aliphatic heterocycles. The van der Waals surface area contributed by atoms with Gasteiger partial charge in [0.05, 0.1) is 6.21 Å². The summed E-state index contributed by atoms with van der Waals surface area (Å²) in [6.45, 7) is 0. The molecule has 0 bridgehead atoms. The van der Waals surface area contributed by atoms with E-state index in [0.717, 1.165) is 22.0 Å². The van der Waals surface area contributed by atoms with Crippen LogP contribution in [-0.4, -0.2) is 31.0 Å². The molecule has 0 fully saturated rings. The van der Waals surface area contributed by atoms with Crippen LogP contribution >= 0.6 is 0 Å². The van der Waals surface area contributed by atoms with Gasteiger partial charge in [-0.15, -0.1) is 15.3 Å². The van der Waals surface area contributed by atoms with Crippen molar-refractivity contribution in [3.63, 3.8) is 0 Å². The Kier molecular flexibility index (Phi) is 2.93. The zero-order valence-corrected chi connectivity index (χ0v) is 11.5. The van der Waals surface area contributed by atoms with Gasteiger partial charge in [-0.2, -0.15) is 9.62 Å². The molecule has 1 aromatic carbocycles. The molecule has 0 unspecified atom stereocenters. The third-order valence-corrected chi connectivity index (χ3v) is 3.23. The van der Waals surface area contributed by atoms with Crippen molar-refractivity contribution in [3.8, 4) is 0 Å². The fourth-order valence-electron chi connectivity index (χ4n) is 2.23. The molecule has 0 radical (unpaired) electrons. The number of hydrazone groups is 1. The van der Waals surface area contributed by atoms with E-state index in [4.69, 9.17) is 0 Å². The number of pyridine rings is 1. The molecule has 0 aliphatic rings. The van der Waals surface area contributed by atoms with Gasteiger partial charge < -0.3 is 0 Å². The molecule has 1 N–H and O–H groups in total. The van der Waals surface area contributed by atoms with E-state index < -0.39 is 0 Å². The average Bonchev–Trinajstić information content (AvgIpc) is 3.04. The number of anilines is 1. The van der Waals surface area contributed by atoms with E-state index in [9.17, 15) is 0 Å². The van der Waals surface area contributed by atoms with Crippen LogP contribution in [0.2, 0.25) is 0 Å². The number of hydrogen-bond donors (Lipinski definition) is 1. The summed E-state index contributed by atoms with van der Waals surface area (Å²) in [5.41, 5.74) is 4.60. The Morgan fingerprint density at radius 2 is 2.00 bits per heavy atom. The number of hydrogen-bond acceptors (Lipinski definition) is 6. The van der Waals surface area contributed by atoms with Gasteiger partial charge in [0, 0.05) is 28.7 Å². The van der Waals surface area contributed by atoms with Gasteiger partial charge in [-0.05, 0) is 6.07 Å². The maximum atomic E-state index is 4.45. The number of nitrogens with one attached hydrogen (secondary N) is 1. The van der Waals surface area contributed by atoms with Crippen molar-refractivity contribution in [1.82, 2.24) is 24.8 Å². The lowest BCUT2D eigenvalue weighted by Crippen LogP contribution is -2.00. The molecule has 0 amide bonds. The first-order valence-corrected chi connectivity index (χ1v) is 6.70. The van der Waals surface area contributed by atoms with Gasteiger partial charge in [-0.25, -0.2) is 0 Å². The Bertz CT molecular complexity index is 959. The summed E-state index contributed by atoms with van der Waals surface area (Å²) in [5, 5.41) is 18.6. The van der Waals surface area contributed by atoms with Crippen LogP contribution in [0.15, 0.2) is 60.2 Å². The van der Waals surface area contributed by atoms with E-state index in [2.05, 4.69) is 30.8 Å². The van der Waals surface area contributed by atoms with Gasteiger partial charge in [-0.1, -0.05) is 30.3 Å². The van der Waals surface area contributed by atoms with Gasteiger partial charge in [0.1, 0.15) is 6.33 Å². The molecule has 4 rings (SSSR count). The van der Waals surface area contributed by atoms with Crippen LogP contribution in [0.4, 0.5) is 5.82 Å². The van der Waals surface area contributed by atoms with E-state index in [-0.39, 0.29) is 0 Å². The number of benzene rings is 1. The van der Waals surface area contributed by atoms with Gasteiger partial charge in [0.15, 0.2) is 11.5 Å². The van der Waals surface area contributed by atoms with Crippen LogP contribution in [0.1, 0.15) is 5.56 Å². The summed E-state index contributed by atoms with van der Waals surface area (Å²) in [6.07, 6.45) is 6.72. The number of fused-ring (bicyclic) bond motifs is 3. The van der Waals surface area contributed by atoms with E-state index in [0.29, 0.717) is 5.82 Å². The zero-order valence-electron chi connectivity index (χ0n) is 11.5. The second kappa shape index (κ2) is 5.21. The normalized spacial score (nSPS) is 11.5. The van der Waals surface area contributed by atoms with Crippen LogP contribution in [0.3, 0.4) is 0 Å². The summed E-state index contributed by atoms with van der Waals surface area (Å²) in [5.74, 6) is 0.642. The van der Waals surface area contributed by atoms with E-state index in [1.54, 1.807) is 29.5 Å². The Hall–Kier alpha value is -3.35. The lowest BCUT2D eigenvalue weighted by molar-refractivity contribution is 0.934. The topological polar surface area (TPSA) is 80.4 Å². The molecule has 0 saturated heterocycles. The lowest BCUT2D eigenvalue weighted by Gasteiger charge is -2.05. The highest BCUT2D eigenvalue weighted by molar-refractivity contribution is 5.99. The summed E-state index contributed by atoms with van der Waals surface area (Å²) in [6, 6.07) is 11.6. The standard InChI is InChI=1S/C15H11N7/c1-2-6-13-12(5-1)14(21-22-10-18-20-15(13)22)19-17-9-11-4-3-7-16-8-11/h1-10H,(H,19,21). The molecule has 3 aromatic heterocycles. The minimum absolute atomic E-state index is 0.642. The fourth-order valence-corrected chi connectivity index (χ4v) is 2.23. The molecule has 0 aliphatic carbocycles. The fraction of sp³-hybridized carbons (Fsp3) is 0. The van der Waals surface area contributed by atoms with Crippen molar-refractivity contribution in [2.24, 2.45) is 5.10 Å². The molecule has 0 atom stereocenters. The van der Waals surface area contributed by atoms with Crippen LogP contribution in [0, 0.1) is 0 Å². The molecule has 7 nitrogen and oxygen atoms in total. The predicted molar refractivity (Wildman–Crippen MR) is 83.7 cm³/mol. The number of nitrogens with zero attached hydrogens (tertiary/aromatic N) is 6. The van der Waals surface area contributed by atoms with E-state index >= 15 is 0 Å². The monoisotopic (exact) mass is 289 g/mol.